The van der Waals surface area contributed by atoms with Crippen molar-refractivity contribution in [3.05, 3.63) is 16.1 Å². The highest BCUT2D eigenvalue weighted by Gasteiger charge is 2.33. The van der Waals surface area contributed by atoms with E-state index in [1.165, 1.54) is 6.42 Å². The van der Waals surface area contributed by atoms with Crippen molar-refractivity contribution < 1.29 is 4.74 Å². The summed E-state index contributed by atoms with van der Waals surface area (Å²) < 4.78 is 6.05. The summed E-state index contributed by atoms with van der Waals surface area (Å²) in [5.74, 6) is 1.71. The Labute approximate surface area is 131 Å². The number of pyridine rings is 1. The Hall–Kier alpha value is -0.670. The van der Waals surface area contributed by atoms with Gasteiger partial charge in [0, 0.05) is 7.05 Å². The molecule has 0 aromatic carbocycles. The molecule has 112 valence electrons. The van der Waals surface area contributed by atoms with E-state index in [-0.39, 0.29) is 6.10 Å². The van der Waals surface area contributed by atoms with Gasteiger partial charge >= 0.3 is 0 Å². The largest absolute Gasteiger partial charge is 0.473 e. The number of anilines is 1. The van der Waals surface area contributed by atoms with E-state index in [9.17, 15) is 0 Å². The lowest BCUT2D eigenvalue weighted by Gasteiger charge is -2.38. The molecule has 1 fully saturated rings. The summed E-state index contributed by atoms with van der Waals surface area (Å²) in [6.45, 7) is 6.84. The minimum Gasteiger partial charge on any atom is -0.473 e. The van der Waals surface area contributed by atoms with Crippen molar-refractivity contribution in [1.82, 2.24) is 4.98 Å². The fourth-order valence-corrected chi connectivity index (χ4v) is 3.71. The van der Waals surface area contributed by atoms with Crippen LogP contribution < -0.4 is 10.1 Å². The van der Waals surface area contributed by atoms with Crippen LogP contribution in [-0.4, -0.2) is 18.1 Å². The topological polar surface area (TPSA) is 34.2 Å². The van der Waals surface area contributed by atoms with Crippen LogP contribution in [0.1, 0.15) is 40.0 Å². The number of nitrogens with zero attached hydrogens (tertiary/aromatic N) is 1. The van der Waals surface area contributed by atoms with E-state index in [1.807, 2.05) is 0 Å². The average Bonchev–Trinajstić information content (AvgIpc) is 2.30. The molecule has 0 spiro atoms. The molecule has 1 saturated carbocycles. The number of rotatable bonds is 3. The second-order valence-electron chi connectivity index (χ2n) is 6.51. The van der Waals surface area contributed by atoms with Crippen molar-refractivity contribution in [2.45, 2.75) is 46.1 Å². The Morgan fingerprint density at radius 1 is 1.30 bits per heavy atom. The zero-order valence-electron chi connectivity index (χ0n) is 12.5. The number of aromatic nitrogens is 1. The molecule has 3 nitrogen and oxygen atoms in total. The molecule has 5 heteroatoms. The number of ether oxygens (including phenoxy) is 1. The fourth-order valence-electron chi connectivity index (χ4n) is 3.21. The molecule has 0 aliphatic heterocycles. The SMILES string of the molecule is CNc1nc(OC2CC(C)CC(C)(C)C2)c(Cl)cc1Cl. The summed E-state index contributed by atoms with van der Waals surface area (Å²) >= 11 is 12.2. The molecular weight excluding hydrogens is 295 g/mol. The van der Waals surface area contributed by atoms with Crippen LogP contribution in [0, 0.1) is 11.3 Å². The zero-order valence-corrected chi connectivity index (χ0v) is 14.0. The normalized spacial score (nSPS) is 25.3. The smallest absolute Gasteiger partial charge is 0.234 e. The first-order valence-corrected chi connectivity index (χ1v) is 7.77. The Balaban J connectivity index is 2.17. The van der Waals surface area contributed by atoms with Crippen LogP contribution in [0.5, 0.6) is 5.88 Å². The molecule has 1 N–H and O–H groups in total. The highest BCUT2D eigenvalue weighted by atomic mass is 35.5. The van der Waals surface area contributed by atoms with E-state index in [0.29, 0.717) is 33.1 Å². The molecular formula is C15H22Cl2N2O. The van der Waals surface area contributed by atoms with Crippen molar-refractivity contribution in [3.8, 4) is 5.88 Å². The Kier molecular flexibility index (Phi) is 4.70. The maximum atomic E-state index is 6.19. The van der Waals surface area contributed by atoms with Crippen LogP contribution in [0.2, 0.25) is 10.0 Å². The second-order valence-corrected chi connectivity index (χ2v) is 7.32. The molecule has 2 rings (SSSR count). The molecule has 1 aliphatic carbocycles. The van der Waals surface area contributed by atoms with Crippen molar-refractivity contribution in [2.24, 2.45) is 11.3 Å². The van der Waals surface area contributed by atoms with Crippen LogP contribution in [0.25, 0.3) is 0 Å². The van der Waals surface area contributed by atoms with Gasteiger partial charge in [0.15, 0.2) is 0 Å². The molecule has 0 amide bonds. The van der Waals surface area contributed by atoms with Crippen LogP contribution in [-0.2, 0) is 0 Å². The van der Waals surface area contributed by atoms with E-state index in [0.717, 1.165) is 12.8 Å². The minimum atomic E-state index is 0.157. The Bertz CT molecular complexity index is 491. The van der Waals surface area contributed by atoms with Crippen molar-refractivity contribution >= 4 is 29.0 Å². The van der Waals surface area contributed by atoms with Crippen LogP contribution in [0.3, 0.4) is 0 Å². The van der Waals surface area contributed by atoms with Gasteiger partial charge in [-0.25, -0.2) is 0 Å². The molecule has 0 radical (unpaired) electrons. The van der Waals surface area contributed by atoms with E-state index in [2.05, 4.69) is 31.1 Å². The molecule has 1 aromatic heterocycles. The maximum Gasteiger partial charge on any atom is 0.234 e. The lowest BCUT2D eigenvalue weighted by atomic mass is 9.71. The van der Waals surface area contributed by atoms with E-state index < -0.39 is 0 Å². The fraction of sp³-hybridized carbons (Fsp3) is 0.667. The summed E-state index contributed by atoms with van der Waals surface area (Å²) in [5.41, 5.74) is 0.299. The van der Waals surface area contributed by atoms with Gasteiger partial charge in [0.25, 0.3) is 0 Å². The molecule has 20 heavy (non-hydrogen) atoms. The van der Waals surface area contributed by atoms with Gasteiger partial charge in [-0.05, 0) is 36.7 Å². The van der Waals surface area contributed by atoms with Gasteiger partial charge in [-0.1, -0.05) is 44.0 Å². The van der Waals surface area contributed by atoms with E-state index >= 15 is 0 Å². The monoisotopic (exact) mass is 316 g/mol. The van der Waals surface area contributed by atoms with Gasteiger partial charge in [-0.15, -0.1) is 0 Å². The molecule has 1 aliphatic rings. The van der Waals surface area contributed by atoms with Crippen molar-refractivity contribution in [2.75, 3.05) is 12.4 Å². The predicted octanol–water partition coefficient (Wildman–Crippen LogP) is 5.02. The molecule has 1 aromatic rings. The zero-order chi connectivity index (χ0) is 14.9. The second kappa shape index (κ2) is 5.98. The van der Waals surface area contributed by atoms with Gasteiger partial charge < -0.3 is 10.1 Å². The van der Waals surface area contributed by atoms with Crippen LogP contribution >= 0.6 is 23.2 Å². The number of hydrogen-bond donors (Lipinski definition) is 1. The van der Waals surface area contributed by atoms with Gasteiger partial charge in [0.1, 0.15) is 16.9 Å². The van der Waals surface area contributed by atoms with Crippen LogP contribution in [0.4, 0.5) is 5.82 Å². The van der Waals surface area contributed by atoms with E-state index in [1.54, 1.807) is 13.1 Å². The lowest BCUT2D eigenvalue weighted by molar-refractivity contribution is 0.0534. The molecule has 0 saturated heterocycles. The first kappa shape index (κ1) is 15.7. The highest BCUT2D eigenvalue weighted by molar-refractivity contribution is 6.36. The number of nitrogens with one attached hydrogen (secondary N) is 1. The van der Waals surface area contributed by atoms with Gasteiger partial charge in [-0.3, -0.25) is 0 Å². The van der Waals surface area contributed by atoms with Crippen molar-refractivity contribution in [3.63, 3.8) is 0 Å². The minimum absolute atomic E-state index is 0.157. The highest BCUT2D eigenvalue weighted by Crippen LogP contribution is 2.41. The first-order valence-electron chi connectivity index (χ1n) is 7.01. The molecule has 0 bridgehead atoms. The van der Waals surface area contributed by atoms with Gasteiger partial charge in [0.05, 0.1) is 5.02 Å². The third kappa shape index (κ3) is 3.70. The average molecular weight is 317 g/mol. The third-order valence-electron chi connectivity index (χ3n) is 3.76. The maximum absolute atomic E-state index is 6.19. The lowest BCUT2D eigenvalue weighted by Crippen LogP contribution is -2.34. The quantitative estimate of drug-likeness (QED) is 0.849. The number of halogens is 2. The molecule has 2 unspecified atom stereocenters. The first-order chi connectivity index (χ1) is 9.30. The third-order valence-corrected chi connectivity index (χ3v) is 4.32. The van der Waals surface area contributed by atoms with Crippen LogP contribution in [0.15, 0.2) is 6.07 Å². The van der Waals surface area contributed by atoms with Gasteiger partial charge in [0.2, 0.25) is 5.88 Å². The Morgan fingerprint density at radius 2 is 2.00 bits per heavy atom. The van der Waals surface area contributed by atoms with Gasteiger partial charge in [-0.2, -0.15) is 4.98 Å². The Morgan fingerprint density at radius 3 is 2.60 bits per heavy atom. The summed E-state index contributed by atoms with van der Waals surface area (Å²) in [6, 6.07) is 1.68. The van der Waals surface area contributed by atoms with Crippen molar-refractivity contribution in [1.29, 1.82) is 0 Å². The molecule has 2 atom stereocenters. The summed E-state index contributed by atoms with van der Waals surface area (Å²) in [6.07, 6.45) is 3.45. The summed E-state index contributed by atoms with van der Waals surface area (Å²) in [7, 11) is 1.78. The summed E-state index contributed by atoms with van der Waals surface area (Å²) in [4.78, 5) is 4.36. The molecule has 1 heterocycles. The van der Waals surface area contributed by atoms with E-state index in [4.69, 9.17) is 27.9 Å². The predicted molar refractivity (Wildman–Crippen MR) is 85.0 cm³/mol. The number of hydrogen-bond acceptors (Lipinski definition) is 3. The standard InChI is InChI=1S/C15H22Cl2N2O/c1-9-5-10(8-15(2,3)7-9)20-14-12(17)6-11(16)13(18-4)19-14/h6,9-10H,5,7-8H2,1-4H3,(H,18,19). The summed E-state index contributed by atoms with van der Waals surface area (Å²) in [5, 5.41) is 3.91.